The third-order valence-electron chi connectivity index (χ3n) is 4.08. The van der Waals surface area contributed by atoms with Crippen LogP contribution in [0.5, 0.6) is 0 Å². The lowest BCUT2D eigenvalue weighted by molar-refractivity contribution is -0.144. The quantitative estimate of drug-likeness (QED) is 0.289. The zero-order valence-electron chi connectivity index (χ0n) is 14.8. The molecule has 0 aromatic heterocycles. The summed E-state index contributed by atoms with van der Waals surface area (Å²) in [5.41, 5.74) is 0. The van der Waals surface area contributed by atoms with Gasteiger partial charge in [-0.3, -0.25) is 4.79 Å². The molecule has 22 heavy (non-hydrogen) atoms. The van der Waals surface area contributed by atoms with Crippen LogP contribution in [0.25, 0.3) is 0 Å². The Bertz CT molecular complexity index is 229. The molecule has 0 aromatic carbocycles. The summed E-state index contributed by atoms with van der Waals surface area (Å²) in [5.74, 6) is -0.280. The van der Waals surface area contributed by atoms with E-state index in [0.29, 0.717) is 6.61 Å². The molecule has 0 spiro atoms. The van der Waals surface area contributed by atoms with E-state index in [1.807, 2.05) is 0 Å². The molecule has 0 saturated carbocycles. The monoisotopic (exact) mass is 314 g/mol. The Morgan fingerprint density at radius 1 is 0.727 bits per heavy atom. The molecule has 0 atom stereocenters. The Morgan fingerprint density at radius 2 is 1.14 bits per heavy atom. The fraction of sp³-hybridized carbons (Fsp3) is 0.947. The van der Waals surface area contributed by atoms with Gasteiger partial charge >= 0.3 is 5.97 Å². The predicted molar refractivity (Wildman–Crippen MR) is 93.0 cm³/mol. The minimum absolute atomic E-state index is 0.114. The first-order valence-electron chi connectivity index (χ1n) is 9.57. The van der Waals surface area contributed by atoms with Gasteiger partial charge in [-0.15, -0.1) is 0 Å². The number of esters is 1. The molecule has 0 unspecified atom stereocenters. The van der Waals surface area contributed by atoms with Gasteiger partial charge in [0, 0.05) is 0 Å². The molecular weight excluding hydrogens is 276 g/mol. The smallest absolute Gasteiger partial charge is 0.308 e. The van der Waals surface area contributed by atoms with Crippen LogP contribution in [0, 0.1) is 0 Å². The minimum atomic E-state index is -0.280. The standard InChI is InChI=1S/C19H38O3/c1-2-3-4-5-6-7-8-9-10-11-12-13-14-15-18-22-19(21)16-17-20/h20H,2-18H2,1H3. The minimum Gasteiger partial charge on any atom is -0.466 e. The van der Waals surface area contributed by atoms with E-state index in [0.717, 1.165) is 12.8 Å². The highest BCUT2D eigenvalue weighted by atomic mass is 16.5. The second-order valence-electron chi connectivity index (χ2n) is 6.29. The van der Waals surface area contributed by atoms with Crippen LogP contribution < -0.4 is 0 Å². The number of ether oxygens (including phenoxy) is 1. The SMILES string of the molecule is CCCCCCCCCCCCCCCCOC(=O)CCO. The predicted octanol–water partition coefficient (Wildman–Crippen LogP) is 5.39. The Kier molecular flexibility index (Phi) is 18.0. The van der Waals surface area contributed by atoms with Crippen LogP contribution in [0.2, 0.25) is 0 Å². The van der Waals surface area contributed by atoms with Gasteiger partial charge in [-0.25, -0.2) is 0 Å². The van der Waals surface area contributed by atoms with Crippen LogP contribution in [-0.2, 0) is 9.53 Å². The first-order chi connectivity index (χ1) is 10.8. The molecule has 0 bridgehead atoms. The van der Waals surface area contributed by atoms with Crippen LogP contribution in [0.15, 0.2) is 0 Å². The summed E-state index contributed by atoms with van der Waals surface area (Å²) in [6.45, 7) is 2.66. The Labute approximate surface area is 137 Å². The fourth-order valence-corrected chi connectivity index (χ4v) is 2.65. The molecule has 3 nitrogen and oxygen atoms in total. The number of aliphatic hydroxyl groups is 1. The molecule has 0 amide bonds. The zero-order chi connectivity index (χ0) is 16.3. The largest absolute Gasteiger partial charge is 0.466 e. The second-order valence-corrected chi connectivity index (χ2v) is 6.29. The number of unbranched alkanes of at least 4 members (excludes halogenated alkanes) is 13. The topological polar surface area (TPSA) is 46.5 Å². The molecule has 1 N–H and O–H groups in total. The van der Waals surface area contributed by atoms with Gasteiger partial charge in [-0.2, -0.15) is 0 Å². The molecule has 132 valence electrons. The van der Waals surface area contributed by atoms with Crippen molar-refractivity contribution in [2.45, 2.75) is 103 Å². The highest BCUT2D eigenvalue weighted by Crippen LogP contribution is 2.12. The summed E-state index contributed by atoms with van der Waals surface area (Å²) in [6.07, 6.45) is 18.7. The van der Waals surface area contributed by atoms with E-state index in [2.05, 4.69) is 6.92 Å². The number of rotatable bonds is 17. The van der Waals surface area contributed by atoms with Gasteiger partial charge in [0.2, 0.25) is 0 Å². The van der Waals surface area contributed by atoms with Gasteiger partial charge < -0.3 is 9.84 Å². The number of hydrogen-bond acceptors (Lipinski definition) is 3. The van der Waals surface area contributed by atoms with E-state index >= 15 is 0 Å². The maximum Gasteiger partial charge on any atom is 0.308 e. The fourth-order valence-electron chi connectivity index (χ4n) is 2.65. The van der Waals surface area contributed by atoms with Crippen LogP contribution in [0.3, 0.4) is 0 Å². The third-order valence-corrected chi connectivity index (χ3v) is 4.08. The number of hydrogen-bond donors (Lipinski definition) is 1. The van der Waals surface area contributed by atoms with Gasteiger partial charge in [0.05, 0.1) is 19.6 Å². The van der Waals surface area contributed by atoms with Gasteiger partial charge in [0.1, 0.15) is 0 Å². The molecule has 0 radical (unpaired) electrons. The Balaban J connectivity index is 3.01. The summed E-state index contributed by atoms with van der Waals surface area (Å²) in [7, 11) is 0. The summed E-state index contributed by atoms with van der Waals surface area (Å²) < 4.78 is 4.99. The lowest BCUT2D eigenvalue weighted by atomic mass is 10.0. The molecule has 0 heterocycles. The lowest BCUT2D eigenvalue weighted by Gasteiger charge is -2.04. The van der Waals surface area contributed by atoms with Crippen LogP contribution in [-0.4, -0.2) is 24.3 Å². The van der Waals surface area contributed by atoms with Gasteiger partial charge in [0.15, 0.2) is 0 Å². The number of aliphatic hydroxyl groups excluding tert-OH is 1. The molecule has 0 aliphatic rings. The van der Waals surface area contributed by atoms with Crippen LogP contribution >= 0.6 is 0 Å². The molecular formula is C19H38O3. The van der Waals surface area contributed by atoms with Crippen molar-refractivity contribution in [2.75, 3.05) is 13.2 Å². The first-order valence-corrected chi connectivity index (χ1v) is 9.57. The van der Waals surface area contributed by atoms with Crippen LogP contribution in [0.4, 0.5) is 0 Å². The Morgan fingerprint density at radius 3 is 1.55 bits per heavy atom. The summed E-state index contributed by atoms with van der Waals surface area (Å²) >= 11 is 0. The van der Waals surface area contributed by atoms with E-state index in [1.165, 1.54) is 77.0 Å². The van der Waals surface area contributed by atoms with Crippen molar-refractivity contribution in [3.63, 3.8) is 0 Å². The maximum atomic E-state index is 11.0. The van der Waals surface area contributed by atoms with E-state index < -0.39 is 0 Å². The zero-order valence-corrected chi connectivity index (χ0v) is 14.8. The normalized spacial score (nSPS) is 10.8. The van der Waals surface area contributed by atoms with E-state index in [9.17, 15) is 4.79 Å². The molecule has 0 aliphatic carbocycles. The van der Waals surface area contributed by atoms with Crippen molar-refractivity contribution in [3.8, 4) is 0 Å². The average molecular weight is 315 g/mol. The van der Waals surface area contributed by atoms with Crippen molar-refractivity contribution < 1.29 is 14.6 Å². The average Bonchev–Trinajstić information content (AvgIpc) is 2.51. The van der Waals surface area contributed by atoms with Crippen molar-refractivity contribution in [3.05, 3.63) is 0 Å². The number of carbonyl (C=O) groups excluding carboxylic acids is 1. The molecule has 3 heteroatoms. The Hall–Kier alpha value is -0.570. The summed E-state index contributed by atoms with van der Waals surface area (Å²) in [4.78, 5) is 11.0. The summed E-state index contributed by atoms with van der Waals surface area (Å²) in [6, 6.07) is 0. The van der Waals surface area contributed by atoms with Crippen molar-refractivity contribution in [1.29, 1.82) is 0 Å². The molecule has 0 aromatic rings. The van der Waals surface area contributed by atoms with Crippen molar-refractivity contribution in [1.82, 2.24) is 0 Å². The van der Waals surface area contributed by atoms with Crippen molar-refractivity contribution in [2.24, 2.45) is 0 Å². The second kappa shape index (κ2) is 18.5. The molecule has 0 rings (SSSR count). The van der Waals surface area contributed by atoms with Gasteiger partial charge in [-0.05, 0) is 6.42 Å². The highest BCUT2D eigenvalue weighted by molar-refractivity contribution is 5.69. The first kappa shape index (κ1) is 21.4. The third kappa shape index (κ3) is 17.5. The highest BCUT2D eigenvalue weighted by Gasteiger charge is 2.00. The van der Waals surface area contributed by atoms with E-state index in [-0.39, 0.29) is 19.0 Å². The number of carbonyl (C=O) groups is 1. The van der Waals surface area contributed by atoms with Gasteiger partial charge in [-0.1, -0.05) is 90.4 Å². The van der Waals surface area contributed by atoms with E-state index in [4.69, 9.17) is 9.84 Å². The summed E-state index contributed by atoms with van der Waals surface area (Å²) in [5, 5.41) is 8.56. The molecule has 0 saturated heterocycles. The van der Waals surface area contributed by atoms with Crippen LogP contribution in [0.1, 0.15) is 103 Å². The molecule has 0 fully saturated rings. The lowest BCUT2D eigenvalue weighted by Crippen LogP contribution is -2.07. The van der Waals surface area contributed by atoms with E-state index in [1.54, 1.807) is 0 Å². The van der Waals surface area contributed by atoms with Crippen molar-refractivity contribution >= 4 is 5.97 Å². The van der Waals surface area contributed by atoms with Gasteiger partial charge in [0.25, 0.3) is 0 Å². The maximum absolute atomic E-state index is 11.0. The molecule has 0 aliphatic heterocycles.